The highest BCUT2D eigenvalue weighted by Gasteiger charge is 2.16. The van der Waals surface area contributed by atoms with Gasteiger partial charge in [-0.05, 0) is 49.4 Å². The Morgan fingerprint density at radius 1 is 1.03 bits per heavy atom. The molecule has 0 radical (unpaired) electrons. The lowest BCUT2D eigenvalue weighted by Crippen LogP contribution is -2.15. The van der Waals surface area contributed by atoms with Crippen LogP contribution in [0.3, 0.4) is 0 Å². The van der Waals surface area contributed by atoms with Crippen LogP contribution in [0.5, 0.6) is 0 Å². The topological polar surface area (TPSA) is 172 Å². The summed E-state index contributed by atoms with van der Waals surface area (Å²) in [6.07, 6.45) is 0. The maximum atomic E-state index is 12.1. The van der Waals surface area contributed by atoms with Crippen LogP contribution < -0.4 is 5.32 Å². The van der Waals surface area contributed by atoms with Crippen molar-refractivity contribution in [3.8, 4) is 0 Å². The Bertz CT molecular complexity index is 1140. The van der Waals surface area contributed by atoms with Gasteiger partial charge in [0.15, 0.2) is 9.84 Å². The molecule has 2 aromatic carbocycles. The first-order chi connectivity index (χ1) is 14.0. The Labute approximate surface area is 173 Å². The van der Waals surface area contributed by atoms with Crippen molar-refractivity contribution in [2.45, 2.75) is 11.8 Å². The van der Waals surface area contributed by atoms with E-state index in [-0.39, 0.29) is 10.5 Å². The van der Waals surface area contributed by atoms with Gasteiger partial charge in [-0.25, -0.2) is 17.4 Å². The van der Waals surface area contributed by atoms with Gasteiger partial charge in [0.1, 0.15) is 0 Å². The minimum atomic E-state index is -4.72. The van der Waals surface area contributed by atoms with E-state index < -0.39 is 38.6 Å². The number of nitrogens with one attached hydrogen (secondary N) is 1. The normalized spacial score (nSPS) is 12.2. The van der Waals surface area contributed by atoms with Crippen LogP contribution in [0.4, 0.5) is 17.1 Å². The second-order valence-corrected chi connectivity index (χ2v) is 9.03. The zero-order valence-corrected chi connectivity index (χ0v) is 17.4. The Morgan fingerprint density at radius 2 is 1.63 bits per heavy atom. The van der Waals surface area contributed by atoms with Crippen LogP contribution in [0.15, 0.2) is 57.6 Å². The molecular formula is C17H19N3O8S2. The van der Waals surface area contributed by atoms with Gasteiger partial charge in [0.25, 0.3) is 0 Å². The smallest absolute Gasteiger partial charge is 0.397 e. The summed E-state index contributed by atoms with van der Waals surface area (Å²) in [6.45, 7) is 1.67. The minimum absolute atomic E-state index is 0.0434. The molecule has 2 rings (SSSR count). The van der Waals surface area contributed by atoms with Crippen molar-refractivity contribution in [1.29, 1.82) is 0 Å². The second-order valence-electron chi connectivity index (χ2n) is 5.83. The summed E-state index contributed by atoms with van der Waals surface area (Å²) >= 11 is 0. The van der Waals surface area contributed by atoms with E-state index in [1.807, 2.05) is 6.92 Å². The average Bonchev–Trinajstić information content (AvgIpc) is 2.66. The van der Waals surface area contributed by atoms with E-state index in [1.54, 1.807) is 12.1 Å². The molecule has 11 nitrogen and oxygen atoms in total. The maximum Gasteiger partial charge on any atom is 0.397 e. The number of carboxylic acid groups (broad SMARTS) is 1. The molecule has 0 unspecified atom stereocenters. The number of anilines is 1. The van der Waals surface area contributed by atoms with Gasteiger partial charge in [0, 0.05) is 12.2 Å². The molecule has 0 aromatic heterocycles. The SMILES string of the molecule is CCNc1ccc(N=Nc2ccc(S(=O)(=O)CCOS(=O)(=O)O)cc2)cc1C(=O)O. The number of rotatable bonds is 10. The van der Waals surface area contributed by atoms with Crippen molar-refractivity contribution < 1.29 is 35.5 Å². The van der Waals surface area contributed by atoms with E-state index in [0.29, 0.717) is 23.6 Å². The largest absolute Gasteiger partial charge is 0.478 e. The van der Waals surface area contributed by atoms with Gasteiger partial charge in [-0.3, -0.25) is 4.55 Å². The molecule has 0 aliphatic heterocycles. The summed E-state index contributed by atoms with van der Waals surface area (Å²) in [5.74, 6) is -1.76. The van der Waals surface area contributed by atoms with Crippen LogP contribution >= 0.6 is 0 Å². The van der Waals surface area contributed by atoms with Crippen molar-refractivity contribution in [1.82, 2.24) is 0 Å². The Hall–Kier alpha value is -2.87. The minimum Gasteiger partial charge on any atom is -0.478 e. The number of sulfone groups is 1. The molecule has 0 spiro atoms. The number of aromatic carboxylic acids is 1. The van der Waals surface area contributed by atoms with Gasteiger partial charge in [-0.2, -0.15) is 18.6 Å². The van der Waals surface area contributed by atoms with E-state index in [9.17, 15) is 26.7 Å². The molecule has 0 bridgehead atoms. The molecule has 2 aromatic rings. The lowest BCUT2D eigenvalue weighted by atomic mass is 10.1. The predicted octanol–water partition coefficient (Wildman–Crippen LogP) is 2.83. The van der Waals surface area contributed by atoms with E-state index in [2.05, 4.69) is 19.7 Å². The average molecular weight is 457 g/mol. The first-order valence-electron chi connectivity index (χ1n) is 8.49. The van der Waals surface area contributed by atoms with Gasteiger partial charge < -0.3 is 10.4 Å². The third kappa shape index (κ3) is 6.88. The van der Waals surface area contributed by atoms with E-state index in [0.717, 1.165) is 0 Å². The Morgan fingerprint density at radius 3 is 2.20 bits per heavy atom. The zero-order valence-electron chi connectivity index (χ0n) is 15.7. The molecule has 3 N–H and O–H groups in total. The standard InChI is InChI=1S/C17H19N3O8S2/c1-2-18-16-8-5-13(11-15(16)17(21)22)20-19-12-3-6-14(7-4-12)29(23,24)10-9-28-30(25,26)27/h3-8,11,18H,2,9-10H2,1H3,(H,21,22)(H,25,26,27). The Balaban J connectivity index is 2.13. The van der Waals surface area contributed by atoms with Gasteiger partial charge in [0.05, 0.1) is 34.2 Å². The molecule has 0 saturated heterocycles. The third-order valence-electron chi connectivity index (χ3n) is 3.66. The number of hydrogen-bond donors (Lipinski definition) is 3. The number of hydrogen-bond acceptors (Lipinski definition) is 9. The van der Waals surface area contributed by atoms with Crippen molar-refractivity contribution >= 4 is 43.3 Å². The fraction of sp³-hybridized carbons (Fsp3) is 0.235. The van der Waals surface area contributed by atoms with Crippen LogP contribution in [0.2, 0.25) is 0 Å². The van der Waals surface area contributed by atoms with E-state index >= 15 is 0 Å². The molecule has 13 heteroatoms. The molecule has 0 saturated carbocycles. The van der Waals surface area contributed by atoms with Crippen LogP contribution in [0.1, 0.15) is 17.3 Å². The molecular weight excluding hydrogens is 438 g/mol. The quantitative estimate of drug-likeness (QED) is 0.358. The lowest BCUT2D eigenvalue weighted by molar-refractivity contribution is 0.0698. The van der Waals surface area contributed by atoms with Crippen LogP contribution in [0, 0.1) is 0 Å². The van der Waals surface area contributed by atoms with Gasteiger partial charge in [-0.15, -0.1) is 0 Å². The molecule has 0 aliphatic rings. The summed E-state index contributed by atoms with van der Waals surface area (Å²) in [7, 11) is -8.55. The van der Waals surface area contributed by atoms with Crippen molar-refractivity contribution in [2.24, 2.45) is 10.2 Å². The van der Waals surface area contributed by atoms with Crippen molar-refractivity contribution in [3.05, 3.63) is 48.0 Å². The zero-order chi connectivity index (χ0) is 22.4. The monoisotopic (exact) mass is 457 g/mol. The summed E-state index contributed by atoms with van der Waals surface area (Å²) in [5.41, 5.74) is 1.11. The van der Waals surface area contributed by atoms with Crippen molar-refractivity contribution in [2.75, 3.05) is 24.2 Å². The fourth-order valence-electron chi connectivity index (χ4n) is 2.32. The van der Waals surface area contributed by atoms with E-state index in [4.69, 9.17) is 4.55 Å². The number of nitrogens with zero attached hydrogens (tertiary/aromatic N) is 2. The summed E-state index contributed by atoms with van der Waals surface area (Å²) in [6, 6.07) is 9.80. The number of carbonyl (C=O) groups is 1. The molecule has 30 heavy (non-hydrogen) atoms. The molecule has 0 aliphatic carbocycles. The molecule has 0 heterocycles. The van der Waals surface area contributed by atoms with E-state index in [1.165, 1.54) is 30.3 Å². The summed E-state index contributed by atoms with van der Waals surface area (Å²) in [5, 5.41) is 20.1. The predicted molar refractivity (Wildman–Crippen MR) is 108 cm³/mol. The Kier molecular flexibility index (Phi) is 7.61. The summed E-state index contributed by atoms with van der Waals surface area (Å²) in [4.78, 5) is 11.3. The highest BCUT2D eigenvalue weighted by Crippen LogP contribution is 2.25. The maximum absolute atomic E-state index is 12.1. The summed E-state index contributed by atoms with van der Waals surface area (Å²) < 4.78 is 57.7. The van der Waals surface area contributed by atoms with Crippen LogP contribution in [0.25, 0.3) is 0 Å². The van der Waals surface area contributed by atoms with Gasteiger partial charge >= 0.3 is 16.4 Å². The fourth-order valence-corrected chi connectivity index (χ4v) is 3.81. The van der Waals surface area contributed by atoms with Gasteiger partial charge in [0.2, 0.25) is 0 Å². The van der Waals surface area contributed by atoms with Crippen molar-refractivity contribution in [3.63, 3.8) is 0 Å². The second kappa shape index (κ2) is 9.75. The highest BCUT2D eigenvalue weighted by atomic mass is 32.3. The van der Waals surface area contributed by atoms with Gasteiger partial charge in [-0.1, -0.05) is 0 Å². The first-order valence-corrected chi connectivity index (χ1v) is 11.5. The molecule has 0 fully saturated rings. The number of azo groups is 1. The third-order valence-corrected chi connectivity index (χ3v) is 5.82. The lowest BCUT2D eigenvalue weighted by Gasteiger charge is -2.07. The molecule has 0 atom stereocenters. The first kappa shape index (κ1) is 23.4. The molecule has 162 valence electrons. The number of benzene rings is 2. The highest BCUT2D eigenvalue weighted by molar-refractivity contribution is 7.91. The van der Waals surface area contributed by atoms with Crippen LogP contribution in [-0.2, 0) is 24.4 Å². The van der Waals surface area contributed by atoms with Crippen LogP contribution in [-0.4, -0.2) is 51.4 Å². The number of carboxylic acids is 1. The molecule has 0 amide bonds.